The molecule has 0 aliphatic carbocycles. The Balaban J connectivity index is 2.46. The lowest BCUT2D eigenvalue weighted by Crippen LogP contribution is -2.05. The third kappa shape index (κ3) is 10.2. The van der Waals surface area contributed by atoms with E-state index >= 15 is 0 Å². The van der Waals surface area contributed by atoms with E-state index in [1.807, 2.05) is 25.1 Å². The molecule has 0 unspecified atom stereocenters. The fourth-order valence-corrected chi connectivity index (χ4v) is 2.64. The number of benzene rings is 1. The SMILES string of the molecule is CCc1cc(OCC=C(Br)Br)cc(C)c1OCCCCOCC=C(Cl)Cl. The van der Waals surface area contributed by atoms with Crippen LogP contribution < -0.4 is 9.47 Å². The predicted molar refractivity (Wildman–Crippen MR) is 117 cm³/mol. The maximum absolute atomic E-state index is 6.01. The summed E-state index contributed by atoms with van der Waals surface area (Å²) in [6, 6.07) is 4.06. The lowest BCUT2D eigenvalue weighted by atomic mass is 10.1. The molecular weight excluding hydrogens is 507 g/mol. The first-order valence-corrected chi connectivity index (χ1v) is 10.8. The molecule has 0 bridgehead atoms. The molecule has 0 heterocycles. The number of unbranched alkanes of at least 4 members (excludes halogenated alkanes) is 1. The molecular formula is C19H24Br2Cl2O3. The molecule has 0 fully saturated rings. The first-order chi connectivity index (χ1) is 12.4. The zero-order valence-electron chi connectivity index (χ0n) is 15.0. The van der Waals surface area contributed by atoms with Gasteiger partial charge in [0, 0.05) is 6.61 Å². The van der Waals surface area contributed by atoms with Gasteiger partial charge < -0.3 is 14.2 Å². The normalized spacial score (nSPS) is 10.4. The summed E-state index contributed by atoms with van der Waals surface area (Å²) in [7, 11) is 0. The van der Waals surface area contributed by atoms with E-state index < -0.39 is 0 Å². The van der Waals surface area contributed by atoms with Crippen molar-refractivity contribution in [1.29, 1.82) is 0 Å². The third-order valence-corrected chi connectivity index (χ3v) is 4.43. The van der Waals surface area contributed by atoms with Gasteiger partial charge in [-0.25, -0.2) is 0 Å². The van der Waals surface area contributed by atoms with E-state index in [2.05, 4.69) is 38.8 Å². The Hall–Kier alpha value is -0.200. The molecule has 26 heavy (non-hydrogen) atoms. The number of hydrogen-bond donors (Lipinski definition) is 0. The molecule has 0 N–H and O–H groups in total. The van der Waals surface area contributed by atoms with Crippen molar-refractivity contribution >= 4 is 55.1 Å². The first-order valence-electron chi connectivity index (χ1n) is 8.43. The van der Waals surface area contributed by atoms with Crippen LogP contribution >= 0.6 is 55.1 Å². The maximum Gasteiger partial charge on any atom is 0.125 e. The Labute approximate surface area is 182 Å². The highest BCUT2D eigenvalue weighted by Gasteiger charge is 2.09. The second-order valence-electron chi connectivity index (χ2n) is 5.51. The molecule has 1 aromatic rings. The number of halogens is 4. The lowest BCUT2D eigenvalue weighted by Gasteiger charge is -2.15. The van der Waals surface area contributed by atoms with Crippen LogP contribution in [0, 0.1) is 6.92 Å². The monoisotopic (exact) mass is 528 g/mol. The average Bonchev–Trinajstić information content (AvgIpc) is 2.57. The second-order valence-corrected chi connectivity index (χ2v) is 9.29. The molecule has 0 saturated carbocycles. The molecule has 0 aromatic heterocycles. The van der Waals surface area contributed by atoms with E-state index in [1.165, 1.54) is 0 Å². The van der Waals surface area contributed by atoms with Crippen molar-refractivity contribution in [1.82, 2.24) is 0 Å². The molecule has 146 valence electrons. The minimum Gasteiger partial charge on any atom is -0.493 e. The van der Waals surface area contributed by atoms with Gasteiger partial charge in [0.25, 0.3) is 0 Å². The highest BCUT2D eigenvalue weighted by atomic mass is 79.9. The number of aryl methyl sites for hydroxylation is 2. The van der Waals surface area contributed by atoms with Gasteiger partial charge in [-0.15, -0.1) is 0 Å². The van der Waals surface area contributed by atoms with Crippen LogP contribution in [0.15, 0.2) is 32.2 Å². The highest BCUT2D eigenvalue weighted by molar-refractivity contribution is 9.28. The molecule has 3 nitrogen and oxygen atoms in total. The van der Waals surface area contributed by atoms with Gasteiger partial charge in [-0.3, -0.25) is 0 Å². The molecule has 0 aliphatic rings. The van der Waals surface area contributed by atoms with Crippen molar-refractivity contribution in [3.63, 3.8) is 0 Å². The Morgan fingerprint density at radius 1 is 1.04 bits per heavy atom. The summed E-state index contributed by atoms with van der Waals surface area (Å²) in [5.74, 6) is 1.80. The molecule has 0 atom stereocenters. The van der Waals surface area contributed by atoms with Gasteiger partial charge in [0.15, 0.2) is 0 Å². The minimum absolute atomic E-state index is 0.235. The molecule has 0 radical (unpaired) electrons. The van der Waals surface area contributed by atoms with Crippen LogP contribution in [0.3, 0.4) is 0 Å². The molecule has 0 spiro atoms. The molecule has 1 aromatic carbocycles. The zero-order chi connectivity index (χ0) is 19.4. The summed E-state index contributed by atoms with van der Waals surface area (Å²) >= 11 is 17.7. The van der Waals surface area contributed by atoms with Crippen LogP contribution in [0.5, 0.6) is 11.5 Å². The van der Waals surface area contributed by atoms with Gasteiger partial charge in [0.1, 0.15) is 22.6 Å². The summed E-state index contributed by atoms with van der Waals surface area (Å²) in [5.41, 5.74) is 2.24. The maximum atomic E-state index is 6.01. The smallest absolute Gasteiger partial charge is 0.125 e. The second kappa shape index (κ2) is 13.9. The predicted octanol–water partition coefficient (Wildman–Crippen LogP) is 7.06. The summed E-state index contributed by atoms with van der Waals surface area (Å²) < 4.78 is 18.3. The van der Waals surface area contributed by atoms with Crippen LogP contribution in [0.25, 0.3) is 0 Å². The van der Waals surface area contributed by atoms with Crippen molar-refractivity contribution in [2.45, 2.75) is 33.1 Å². The number of hydrogen-bond acceptors (Lipinski definition) is 3. The Morgan fingerprint density at radius 2 is 1.77 bits per heavy atom. The van der Waals surface area contributed by atoms with E-state index in [4.69, 9.17) is 37.4 Å². The third-order valence-electron chi connectivity index (χ3n) is 3.48. The number of rotatable bonds is 12. The van der Waals surface area contributed by atoms with Crippen molar-refractivity contribution in [2.75, 3.05) is 26.4 Å². The molecule has 1 rings (SSSR count). The summed E-state index contributed by atoms with van der Waals surface area (Å²) in [6.45, 7) is 6.41. The van der Waals surface area contributed by atoms with Gasteiger partial charge in [0.05, 0.1) is 16.6 Å². The van der Waals surface area contributed by atoms with E-state index in [1.54, 1.807) is 6.08 Å². The molecule has 0 aliphatic heterocycles. The standard InChI is InChI=1S/C19H24Br2Cl2O3/c1-3-15-13-16(25-11-6-17(20)21)12-14(2)19(15)26-9-5-4-8-24-10-7-18(22)23/h6-7,12-13H,3-5,8-11H2,1-2H3. The van der Waals surface area contributed by atoms with Crippen LogP contribution in [0.1, 0.15) is 30.9 Å². The number of ether oxygens (including phenoxy) is 3. The Kier molecular flexibility index (Phi) is 12.7. The van der Waals surface area contributed by atoms with Crippen LogP contribution in [-0.4, -0.2) is 26.4 Å². The van der Waals surface area contributed by atoms with E-state index in [-0.39, 0.29) is 4.49 Å². The van der Waals surface area contributed by atoms with E-state index in [9.17, 15) is 0 Å². The summed E-state index contributed by atoms with van der Waals surface area (Å²) in [5, 5.41) is 0. The summed E-state index contributed by atoms with van der Waals surface area (Å²) in [6.07, 6.45) is 6.27. The van der Waals surface area contributed by atoms with Crippen LogP contribution in [0.2, 0.25) is 0 Å². The zero-order valence-corrected chi connectivity index (χ0v) is 19.7. The van der Waals surface area contributed by atoms with Gasteiger partial charge in [0.2, 0.25) is 0 Å². The van der Waals surface area contributed by atoms with Crippen molar-refractivity contribution in [3.8, 4) is 11.5 Å². The highest BCUT2D eigenvalue weighted by Crippen LogP contribution is 2.30. The topological polar surface area (TPSA) is 27.7 Å². The van der Waals surface area contributed by atoms with E-state index in [0.29, 0.717) is 26.4 Å². The molecule has 0 saturated heterocycles. The lowest BCUT2D eigenvalue weighted by molar-refractivity contribution is 0.152. The van der Waals surface area contributed by atoms with Gasteiger partial charge in [-0.2, -0.15) is 0 Å². The van der Waals surface area contributed by atoms with Gasteiger partial charge >= 0.3 is 0 Å². The fraction of sp³-hybridized carbons (Fsp3) is 0.474. The van der Waals surface area contributed by atoms with Gasteiger partial charge in [-0.1, -0.05) is 30.1 Å². The van der Waals surface area contributed by atoms with Crippen molar-refractivity contribution in [3.05, 3.63) is 43.3 Å². The first kappa shape index (κ1) is 23.8. The Morgan fingerprint density at radius 3 is 2.42 bits per heavy atom. The van der Waals surface area contributed by atoms with Crippen molar-refractivity contribution in [2.24, 2.45) is 0 Å². The van der Waals surface area contributed by atoms with Crippen LogP contribution in [0.4, 0.5) is 0 Å². The van der Waals surface area contributed by atoms with E-state index in [0.717, 1.165) is 45.3 Å². The average molecular weight is 531 g/mol. The largest absolute Gasteiger partial charge is 0.493 e. The molecule has 0 amide bonds. The Bertz CT molecular complexity index is 611. The molecule has 7 heteroatoms. The quantitative estimate of drug-likeness (QED) is 0.271. The van der Waals surface area contributed by atoms with Crippen LogP contribution in [-0.2, 0) is 11.2 Å². The van der Waals surface area contributed by atoms with Crippen molar-refractivity contribution < 1.29 is 14.2 Å². The minimum atomic E-state index is 0.235. The summed E-state index contributed by atoms with van der Waals surface area (Å²) in [4.78, 5) is 0. The van der Waals surface area contributed by atoms with Gasteiger partial charge in [-0.05, 0) is 93.5 Å². The fourth-order valence-electron chi connectivity index (χ4n) is 2.25.